The van der Waals surface area contributed by atoms with E-state index in [1.165, 1.54) is 5.56 Å². The van der Waals surface area contributed by atoms with Gasteiger partial charge in [0.1, 0.15) is 11.3 Å². The van der Waals surface area contributed by atoms with Gasteiger partial charge in [0.15, 0.2) is 11.4 Å². The summed E-state index contributed by atoms with van der Waals surface area (Å²) < 4.78 is 19.0. The molecule has 0 aliphatic rings. The maximum atomic E-state index is 6.00. The van der Waals surface area contributed by atoms with Crippen molar-refractivity contribution in [2.24, 2.45) is 0 Å². The molecule has 4 aromatic heterocycles. The Bertz CT molecular complexity index is 1310. The molecule has 7 heteroatoms. The van der Waals surface area contributed by atoms with Crippen LogP contribution >= 0.6 is 0 Å². The summed E-state index contributed by atoms with van der Waals surface area (Å²) in [6.45, 7) is 2.66. The van der Waals surface area contributed by atoms with Gasteiger partial charge in [-0.3, -0.25) is 0 Å². The Kier molecular flexibility index (Phi) is 4.55. The molecule has 1 unspecified atom stereocenters. The number of rotatable bonds is 6. The highest BCUT2D eigenvalue weighted by Gasteiger charge is 2.16. The summed E-state index contributed by atoms with van der Waals surface area (Å²) in [5, 5.41) is 5.42. The molecule has 0 saturated heterocycles. The zero-order valence-electron chi connectivity index (χ0n) is 16.6. The fraction of sp³-hybridized carbons (Fsp3) is 0.174. The first-order valence-electron chi connectivity index (χ1n) is 9.68. The van der Waals surface area contributed by atoms with Crippen LogP contribution in [0.2, 0.25) is 0 Å². The van der Waals surface area contributed by atoms with E-state index in [0.29, 0.717) is 35.4 Å². The number of furan rings is 1. The molecule has 0 fully saturated rings. The molecule has 0 N–H and O–H groups in total. The Balaban J connectivity index is 1.45. The Morgan fingerprint density at radius 2 is 1.93 bits per heavy atom. The summed E-state index contributed by atoms with van der Waals surface area (Å²) in [6, 6.07) is 17.7. The van der Waals surface area contributed by atoms with Gasteiger partial charge < -0.3 is 13.9 Å². The molecule has 0 radical (unpaired) electrons. The molecule has 30 heavy (non-hydrogen) atoms. The van der Waals surface area contributed by atoms with Crippen LogP contribution in [0.4, 0.5) is 0 Å². The minimum absolute atomic E-state index is 0.251. The molecule has 0 amide bonds. The number of methoxy groups -OCH3 is 1. The van der Waals surface area contributed by atoms with Crippen LogP contribution in [0.15, 0.2) is 71.4 Å². The number of ether oxygens (including phenoxy) is 2. The number of nitrogens with zero attached hydrogens (tertiary/aromatic N) is 4. The van der Waals surface area contributed by atoms with Gasteiger partial charge in [0, 0.05) is 24.2 Å². The predicted molar refractivity (Wildman–Crippen MR) is 113 cm³/mol. The van der Waals surface area contributed by atoms with Gasteiger partial charge in [-0.15, -0.1) is 5.10 Å². The van der Waals surface area contributed by atoms with Gasteiger partial charge in [-0.25, -0.2) is 14.5 Å². The second-order valence-corrected chi connectivity index (χ2v) is 7.05. The fourth-order valence-corrected chi connectivity index (χ4v) is 3.42. The first-order valence-corrected chi connectivity index (χ1v) is 9.68. The average Bonchev–Trinajstić information content (AvgIpc) is 3.41. The average molecular weight is 400 g/mol. The number of benzene rings is 1. The number of aromatic nitrogens is 4. The van der Waals surface area contributed by atoms with Crippen LogP contribution in [0.25, 0.3) is 28.1 Å². The highest BCUT2D eigenvalue weighted by Crippen LogP contribution is 2.32. The van der Waals surface area contributed by atoms with E-state index in [1.807, 2.05) is 36.4 Å². The van der Waals surface area contributed by atoms with Gasteiger partial charge in [-0.2, -0.15) is 0 Å². The summed E-state index contributed by atoms with van der Waals surface area (Å²) in [6.07, 6.45) is 3.39. The van der Waals surface area contributed by atoms with E-state index in [0.717, 1.165) is 11.1 Å². The zero-order valence-corrected chi connectivity index (χ0v) is 16.6. The minimum Gasteiger partial charge on any atom is -0.480 e. The van der Waals surface area contributed by atoms with Crippen LogP contribution in [0.3, 0.4) is 0 Å². The Hall–Kier alpha value is -3.87. The second-order valence-electron chi connectivity index (χ2n) is 7.05. The zero-order chi connectivity index (χ0) is 20.5. The fourth-order valence-electron chi connectivity index (χ4n) is 3.42. The van der Waals surface area contributed by atoms with Gasteiger partial charge >= 0.3 is 0 Å². The molecule has 7 nitrogen and oxygen atoms in total. The highest BCUT2D eigenvalue weighted by atomic mass is 16.5. The van der Waals surface area contributed by atoms with Gasteiger partial charge in [-0.05, 0) is 17.7 Å². The molecule has 150 valence electrons. The van der Waals surface area contributed by atoms with Crippen LogP contribution in [-0.4, -0.2) is 33.3 Å². The molecular formula is C23H20N4O3. The van der Waals surface area contributed by atoms with Crippen LogP contribution < -0.4 is 9.47 Å². The van der Waals surface area contributed by atoms with Crippen LogP contribution in [-0.2, 0) is 0 Å². The lowest BCUT2D eigenvalue weighted by molar-refractivity contribution is 0.281. The maximum Gasteiger partial charge on any atom is 0.231 e. The number of hydrogen-bond acceptors (Lipinski definition) is 6. The van der Waals surface area contributed by atoms with E-state index in [1.54, 1.807) is 30.1 Å². The van der Waals surface area contributed by atoms with E-state index in [4.69, 9.17) is 13.9 Å². The smallest absolute Gasteiger partial charge is 0.231 e. The third kappa shape index (κ3) is 3.24. The number of fused-ring (bicyclic) bond motifs is 2. The summed E-state index contributed by atoms with van der Waals surface area (Å²) in [4.78, 5) is 8.65. The topological polar surface area (TPSA) is 74.7 Å². The van der Waals surface area contributed by atoms with Crippen molar-refractivity contribution >= 4 is 16.6 Å². The van der Waals surface area contributed by atoms with Gasteiger partial charge in [-0.1, -0.05) is 37.3 Å². The SMILES string of the molecule is COc1nccc2oc(-c3cnc4ccc(OCC(C)c5ccccc5)nn34)cc12. The Morgan fingerprint density at radius 1 is 1.07 bits per heavy atom. The number of hydrogen-bond donors (Lipinski definition) is 0. The summed E-state index contributed by atoms with van der Waals surface area (Å²) >= 11 is 0. The Morgan fingerprint density at radius 3 is 2.77 bits per heavy atom. The number of pyridine rings is 1. The lowest BCUT2D eigenvalue weighted by Gasteiger charge is -2.13. The molecule has 0 aliphatic carbocycles. The lowest BCUT2D eigenvalue weighted by Crippen LogP contribution is -2.09. The molecular weight excluding hydrogens is 380 g/mol. The van der Waals surface area contributed by atoms with Crippen molar-refractivity contribution < 1.29 is 13.9 Å². The molecule has 5 rings (SSSR count). The van der Waals surface area contributed by atoms with Crippen LogP contribution in [0.1, 0.15) is 18.4 Å². The first-order chi connectivity index (χ1) is 14.7. The number of imidazole rings is 1. The quantitative estimate of drug-likeness (QED) is 0.410. The third-order valence-electron chi connectivity index (χ3n) is 5.04. The first kappa shape index (κ1) is 18.2. The molecule has 1 atom stereocenters. The van der Waals surface area contributed by atoms with Crippen LogP contribution in [0, 0.1) is 0 Å². The van der Waals surface area contributed by atoms with E-state index in [-0.39, 0.29) is 5.92 Å². The van der Waals surface area contributed by atoms with E-state index >= 15 is 0 Å². The standard InChI is InChI=1S/C23H20N4O3/c1-15(16-6-4-3-5-7-16)14-29-22-9-8-21-25-13-18(27(21)26-22)20-12-17-19(30-20)10-11-24-23(17)28-2/h3-13,15H,14H2,1-2H3. The maximum absolute atomic E-state index is 6.00. The van der Waals surface area contributed by atoms with Crippen molar-refractivity contribution in [1.82, 2.24) is 19.6 Å². The molecule has 0 saturated carbocycles. The minimum atomic E-state index is 0.251. The normalized spacial score (nSPS) is 12.3. The summed E-state index contributed by atoms with van der Waals surface area (Å²) in [5.74, 6) is 1.93. The largest absolute Gasteiger partial charge is 0.480 e. The van der Waals surface area contributed by atoms with E-state index in [9.17, 15) is 0 Å². The Labute approximate surface area is 172 Å². The lowest BCUT2D eigenvalue weighted by atomic mass is 10.0. The molecule has 5 aromatic rings. The van der Waals surface area contributed by atoms with Crippen LogP contribution in [0.5, 0.6) is 11.8 Å². The van der Waals surface area contributed by atoms with Gasteiger partial charge in [0.25, 0.3) is 0 Å². The molecule has 4 heterocycles. The van der Waals surface area contributed by atoms with Crippen molar-refractivity contribution in [2.75, 3.05) is 13.7 Å². The molecule has 0 spiro atoms. The van der Waals surface area contributed by atoms with E-state index < -0.39 is 0 Å². The van der Waals surface area contributed by atoms with Crippen molar-refractivity contribution in [2.45, 2.75) is 12.8 Å². The predicted octanol–water partition coefficient (Wildman–Crippen LogP) is 4.73. The molecule has 0 bridgehead atoms. The molecule has 0 aliphatic heterocycles. The summed E-state index contributed by atoms with van der Waals surface area (Å²) in [5.41, 5.74) is 3.35. The highest BCUT2D eigenvalue weighted by molar-refractivity contribution is 5.86. The van der Waals surface area contributed by atoms with E-state index in [2.05, 4.69) is 34.1 Å². The van der Waals surface area contributed by atoms with Gasteiger partial charge in [0.05, 0.1) is 25.3 Å². The van der Waals surface area contributed by atoms with Crippen molar-refractivity contribution in [1.29, 1.82) is 0 Å². The summed E-state index contributed by atoms with van der Waals surface area (Å²) in [7, 11) is 1.59. The van der Waals surface area contributed by atoms with Gasteiger partial charge in [0.2, 0.25) is 11.8 Å². The van der Waals surface area contributed by atoms with Crippen molar-refractivity contribution in [3.05, 3.63) is 72.6 Å². The monoisotopic (exact) mass is 400 g/mol. The molecule has 1 aromatic carbocycles. The third-order valence-corrected chi connectivity index (χ3v) is 5.04. The second kappa shape index (κ2) is 7.51. The van der Waals surface area contributed by atoms with Crippen molar-refractivity contribution in [3.8, 4) is 23.2 Å². The van der Waals surface area contributed by atoms with Crippen molar-refractivity contribution in [3.63, 3.8) is 0 Å².